The van der Waals surface area contributed by atoms with Gasteiger partial charge in [-0.1, -0.05) is 6.92 Å². The zero-order chi connectivity index (χ0) is 14.4. The van der Waals surface area contributed by atoms with E-state index < -0.39 is 29.4 Å². The molecular weight excluding hydrogens is 256 g/mol. The highest BCUT2D eigenvalue weighted by atomic mass is 19.1. The monoisotopic (exact) mass is 271 g/mol. The first-order chi connectivity index (χ1) is 8.91. The van der Waals surface area contributed by atoms with Gasteiger partial charge in [0.25, 0.3) is 5.91 Å². The minimum Gasteiger partial charge on any atom is -0.481 e. The number of carbonyl (C=O) groups is 2. The molecular formula is C13H15F2NO3. The van der Waals surface area contributed by atoms with E-state index in [0.717, 1.165) is 18.2 Å². The maximum absolute atomic E-state index is 13.3. The number of carboxylic acids is 1. The van der Waals surface area contributed by atoms with Gasteiger partial charge < -0.3 is 10.4 Å². The van der Waals surface area contributed by atoms with E-state index in [1.807, 2.05) is 0 Å². The van der Waals surface area contributed by atoms with Crippen LogP contribution in [0.5, 0.6) is 0 Å². The van der Waals surface area contributed by atoms with Crippen LogP contribution in [0.25, 0.3) is 0 Å². The van der Waals surface area contributed by atoms with Crippen LogP contribution in [0.15, 0.2) is 18.2 Å². The first-order valence-corrected chi connectivity index (χ1v) is 5.88. The van der Waals surface area contributed by atoms with Crippen molar-refractivity contribution in [3.8, 4) is 0 Å². The molecule has 1 unspecified atom stereocenters. The molecule has 1 rings (SSSR count). The topological polar surface area (TPSA) is 66.4 Å². The zero-order valence-corrected chi connectivity index (χ0v) is 10.5. The number of hydrogen-bond donors (Lipinski definition) is 2. The van der Waals surface area contributed by atoms with Crippen LogP contribution >= 0.6 is 0 Å². The molecule has 0 aromatic heterocycles. The summed E-state index contributed by atoms with van der Waals surface area (Å²) in [6, 6.07) is 2.64. The van der Waals surface area contributed by atoms with Crippen molar-refractivity contribution >= 4 is 11.9 Å². The lowest BCUT2D eigenvalue weighted by atomic mass is 10.1. The molecule has 0 saturated carbocycles. The molecule has 0 bridgehead atoms. The predicted molar refractivity (Wildman–Crippen MR) is 64.7 cm³/mol. The molecule has 0 fully saturated rings. The largest absolute Gasteiger partial charge is 0.481 e. The molecule has 1 atom stereocenters. The molecule has 0 spiro atoms. The Labute approximate surface area is 109 Å². The van der Waals surface area contributed by atoms with Crippen LogP contribution in [0, 0.1) is 17.6 Å². The van der Waals surface area contributed by atoms with Gasteiger partial charge in [0, 0.05) is 6.54 Å². The smallest absolute Gasteiger partial charge is 0.306 e. The number of amides is 1. The molecule has 0 aliphatic rings. The van der Waals surface area contributed by atoms with Crippen LogP contribution in [0.4, 0.5) is 8.78 Å². The van der Waals surface area contributed by atoms with Crippen LogP contribution < -0.4 is 5.32 Å². The SMILES string of the molecule is CC(CCCNC(=O)c1cc(F)ccc1F)C(=O)O. The highest BCUT2D eigenvalue weighted by Gasteiger charge is 2.13. The van der Waals surface area contributed by atoms with Gasteiger partial charge in [-0.2, -0.15) is 0 Å². The Balaban J connectivity index is 2.43. The molecule has 1 aromatic rings. The molecule has 0 aliphatic heterocycles. The molecule has 4 nitrogen and oxygen atoms in total. The Bertz CT molecular complexity index is 477. The van der Waals surface area contributed by atoms with Crippen molar-refractivity contribution in [3.05, 3.63) is 35.4 Å². The summed E-state index contributed by atoms with van der Waals surface area (Å²) in [6.45, 7) is 1.78. The number of hydrogen-bond acceptors (Lipinski definition) is 2. The number of carbonyl (C=O) groups excluding carboxylic acids is 1. The second-order valence-electron chi connectivity index (χ2n) is 4.26. The van der Waals surface area contributed by atoms with Crippen molar-refractivity contribution in [1.82, 2.24) is 5.32 Å². The standard InChI is InChI=1S/C13H15F2NO3/c1-8(13(18)19)3-2-6-16-12(17)10-7-9(14)4-5-11(10)15/h4-5,7-8H,2-3,6H2,1H3,(H,16,17)(H,18,19). The normalized spacial score (nSPS) is 11.9. The zero-order valence-electron chi connectivity index (χ0n) is 10.5. The second kappa shape index (κ2) is 6.82. The van der Waals surface area contributed by atoms with Gasteiger partial charge >= 0.3 is 5.97 Å². The summed E-state index contributed by atoms with van der Waals surface area (Å²) >= 11 is 0. The summed E-state index contributed by atoms with van der Waals surface area (Å²) in [6.07, 6.45) is 0.859. The number of benzene rings is 1. The molecule has 6 heteroatoms. The summed E-state index contributed by atoms with van der Waals surface area (Å²) in [5, 5.41) is 11.1. The number of nitrogens with one attached hydrogen (secondary N) is 1. The average molecular weight is 271 g/mol. The van der Waals surface area contributed by atoms with Gasteiger partial charge in [0.1, 0.15) is 11.6 Å². The third-order valence-corrected chi connectivity index (χ3v) is 2.69. The quantitative estimate of drug-likeness (QED) is 0.779. The van der Waals surface area contributed by atoms with E-state index in [0.29, 0.717) is 12.8 Å². The molecule has 19 heavy (non-hydrogen) atoms. The summed E-state index contributed by atoms with van der Waals surface area (Å²) in [5.41, 5.74) is -0.355. The van der Waals surface area contributed by atoms with Gasteiger partial charge in [0.05, 0.1) is 11.5 Å². The van der Waals surface area contributed by atoms with Crippen LogP contribution in [0.2, 0.25) is 0 Å². The van der Waals surface area contributed by atoms with Crippen molar-refractivity contribution in [2.45, 2.75) is 19.8 Å². The maximum atomic E-state index is 13.3. The van der Waals surface area contributed by atoms with E-state index in [-0.39, 0.29) is 12.1 Å². The summed E-state index contributed by atoms with van der Waals surface area (Å²) in [4.78, 5) is 22.1. The van der Waals surface area contributed by atoms with Crippen LogP contribution in [0.1, 0.15) is 30.1 Å². The summed E-state index contributed by atoms with van der Waals surface area (Å²) < 4.78 is 26.1. The Morgan fingerprint density at radius 2 is 2.05 bits per heavy atom. The Kier molecular flexibility index (Phi) is 5.41. The minimum absolute atomic E-state index is 0.215. The average Bonchev–Trinajstić information content (AvgIpc) is 2.36. The molecule has 2 N–H and O–H groups in total. The van der Waals surface area contributed by atoms with E-state index in [2.05, 4.69) is 5.32 Å². The number of aliphatic carboxylic acids is 1. The van der Waals surface area contributed by atoms with Gasteiger partial charge in [-0.3, -0.25) is 9.59 Å². The number of halogens is 2. The van der Waals surface area contributed by atoms with Crippen molar-refractivity contribution in [2.24, 2.45) is 5.92 Å². The van der Waals surface area contributed by atoms with Gasteiger partial charge in [-0.25, -0.2) is 8.78 Å². The fraction of sp³-hybridized carbons (Fsp3) is 0.385. The Morgan fingerprint density at radius 3 is 2.68 bits per heavy atom. The molecule has 0 radical (unpaired) electrons. The van der Waals surface area contributed by atoms with Gasteiger partial charge in [0.15, 0.2) is 0 Å². The second-order valence-corrected chi connectivity index (χ2v) is 4.26. The number of carboxylic acid groups (broad SMARTS) is 1. The molecule has 0 aliphatic carbocycles. The molecule has 1 aromatic carbocycles. The fourth-order valence-corrected chi connectivity index (χ4v) is 1.50. The van der Waals surface area contributed by atoms with E-state index in [1.54, 1.807) is 6.92 Å². The summed E-state index contributed by atoms with van der Waals surface area (Å²) in [7, 11) is 0. The first kappa shape index (κ1) is 15.1. The Morgan fingerprint density at radius 1 is 1.37 bits per heavy atom. The van der Waals surface area contributed by atoms with E-state index in [1.165, 1.54) is 0 Å². The fourth-order valence-electron chi connectivity index (χ4n) is 1.50. The lowest BCUT2D eigenvalue weighted by molar-refractivity contribution is -0.141. The molecule has 0 heterocycles. The van der Waals surface area contributed by atoms with Gasteiger partial charge in [-0.15, -0.1) is 0 Å². The van der Waals surface area contributed by atoms with Crippen LogP contribution in [-0.4, -0.2) is 23.5 Å². The number of rotatable bonds is 6. The molecule has 104 valence electrons. The predicted octanol–water partition coefficient (Wildman–Crippen LogP) is 2.20. The van der Waals surface area contributed by atoms with Crippen LogP contribution in [-0.2, 0) is 4.79 Å². The summed E-state index contributed by atoms with van der Waals surface area (Å²) in [5.74, 6) is -3.59. The third kappa shape index (κ3) is 4.65. The van der Waals surface area contributed by atoms with Crippen molar-refractivity contribution in [2.75, 3.05) is 6.54 Å². The molecule has 1 amide bonds. The lowest BCUT2D eigenvalue weighted by Crippen LogP contribution is -2.26. The third-order valence-electron chi connectivity index (χ3n) is 2.69. The maximum Gasteiger partial charge on any atom is 0.306 e. The van der Waals surface area contributed by atoms with E-state index in [9.17, 15) is 18.4 Å². The lowest BCUT2D eigenvalue weighted by Gasteiger charge is -2.08. The minimum atomic E-state index is -0.900. The first-order valence-electron chi connectivity index (χ1n) is 5.88. The highest BCUT2D eigenvalue weighted by Crippen LogP contribution is 2.10. The highest BCUT2D eigenvalue weighted by molar-refractivity contribution is 5.94. The Hall–Kier alpha value is -1.98. The van der Waals surface area contributed by atoms with E-state index in [4.69, 9.17) is 5.11 Å². The van der Waals surface area contributed by atoms with Gasteiger partial charge in [-0.05, 0) is 31.0 Å². The van der Waals surface area contributed by atoms with Gasteiger partial charge in [0.2, 0.25) is 0 Å². The molecule has 0 saturated heterocycles. The van der Waals surface area contributed by atoms with Crippen molar-refractivity contribution < 1.29 is 23.5 Å². The van der Waals surface area contributed by atoms with Crippen molar-refractivity contribution in [3.63, 3.8) is 0 Å². The van der Waals surface area contributed by atoms with Crippen molar-refractivity contribution in [1.29, 1.82) is 0 Å². The van der Waals surface area contributed by atoms with E-state index >= 15 is 0 Å². The van der Waals surface area contributed by atoms with Crippen LogP contribution in [0.3, 0.4) is 0 Å².